The number of hydrogen-bond donors (Lipinski definition) is 0. The number of aromatic nitrogens is 1. The van der Waals surface area contributed by atoms with E-state index in [2.05, 4.69) is 5.16 Å². The van der Waals surface area contributed by atoms with E-state index in [0.29, 0.717) is 17.0 Å². The summed E-state index contributed by atoms with van der Waals surface area (Å²) in [6, 6.07) is 4.76. The van der Waals surface area contributed by atoms with Crippen molar-refractivity contribution < 1.29 is 17.3 Å². The van der Waals surface area contributed by atoms with Crippen molar-refractivity contribution in [1.82, 2.24) is 5.16 Å². The van der Waals surface area contributed by atoms with Crippen molar-refractivity contribution in [3.8, 4) is 0 Å². The Morgan fingerprint density at radius 2 is 1.83 bits per heavy atom. The Hall–Kier alpha value is -1.69. The highest BCUT2D eigenvalue weighted by Crippen LogP contribution is 2.21. The molecular formula is C12H12FNO3S. The van der Waals surface area contributed by atoms with Gasteiger partial charge in [0, 0.05) is 5.56 Å². The molecule has 0 N–H and O–H groups in total. The second-order valence-electron chi connectivity index (χ2n) is 4.02. The highest BCUT2D eigenvalue weighted by atomic mass is 32.2. The summed E-state index contributed by atoms with van der Waals surface area (Å²) in [6.07, 6.45) is 0. The molecule has 2 rings (SSSR count). The third-order valence-corrected chi connectivity index (χ3v) is 4.35. The van der Waals surface area contributed by atoms with Crippen molar-refractivity contribution in [2.75, 3.05) is 0 Å². The van der Waals surface area contributed by atoms with Gasteiger partial charge in [0.2, 0.25) is 0 Å². The average molecular weight is 269 g/mol. The van der Waals surface area contributed by atoms with Crippen LogP contribution < -0.4 is 0 Å². The first kappa shape index (κ1) is 12.8. The molecule has 1 aromatic heterocycles. The molecule has 6 heteroatoms. The summed E-state index contributed by atoms with van der Waals surface area (Å²) < 4.78 is 41.9. The first-order valence-electron chi connectivity index (χ1n) is 5.30. The number of hydrogen-bond acceptors (Lipinski definition) is 4. The molecule has 1 heterocycles. The number of nitrogens with zero attached hydrogens (tertiary/aromatic N) is 1. The molecule has 0 atom stereocenters. The molecule has 4 nitrogen and oxygen atoms in total. The second kappa shape index (κ2) is 4.53. The number of sulfone groups is 1. The molecule has 2 aromatic rings. The van der Waals surface area contributed by atoms with Crippen LogP contribution in [0.15, 0.2) is 33.7 Å². The molecule has 18 heavy (non-hydrogen) atoms. The molecule has 1 aromatic carbocycles. The first-order chi connectivity index (χ1) is 8.40. The summed E-state index contributed by atoms with van der Waals surface area (Å²) in [4.78, 5) is 0.0869. The first-order valence-corrected chi connectivity index (χ1v) is 6.95. The van der Waals surface area contributed by atoms with Gasteiger partial charge in [-0.15, -0.1) is 0 Å². The van der Waals surface area contributed by atoms with Gasteiger partial charge in [0.05, 0.1) is 16.3 Å². The Bertz CT molecular complexity index is 640. The molecule has 0 saturated heterocycles. The Balaban J connectivity index is 2.36. The van der Waals surface area contributed by atoms with Crippen molar-refractivity contribution in [2.45, 2.75) is 24.5 Å². The lowest BCUT2D eigenvalue weighted by molar-refractivity contribution is 0.392. The van der Waals surface area contributed by atoms with E-state index in [9.17, 15) is 12.8 Å². The van der Waals surface area contributed by atoms with Crippen molar-refractivity contribution in [3.63, 3.8) is 0 Å². The fraction of sp³-hybridized carbons (Fsp3) is 0.250. The van der Waals surface area contributed by atoms with Crippen LogP contribution in [0, 0.1) is 19.7 Å². The fourth-order valence-corrected chi connectivity index (χ4v) is 3.13. The summed E-state index contributed by atoms with van der Waals surface area (Å²) in [5.74, 6) is -0.177. The smallest absolute Gasteiger partial charge is 0.182 e. The molecule has 96 valence electrons. The molecule has 0 fully saturated rings. The topological polar surface area (TPSA) is 60.2 Å². The van der Waals surface area contributed by atoms with Gasteiger partial charge in [0.1, 0.15) is 11.6 Å². The van der Waals surface area contributed by atoms with E-state index >= 15 is 0 Å². The zero-order chi connectivity index (χ0) is 13.3. The molecular weight excluding hydrogens is 257 g/mol. The standard InChI is InChI=1S/C12H12FNO3S/c1-8-12(9(2)17-14-8)7-18(15,16)11-5-3-10(13)4-6-11/h3-6H,7H2,1-2H3. The van der Waals surface area contributed by atoms with Crippen LogP contribution in [0.2, 0.25) is 0 Å². The van der Waals surface area contributed by atoms with Gasteiger partial charge in [0.15, 0.2) is 9.84 Å². The van der Waals surface area contributed by atoms with Crippen LogP contribution in [-0.4, -0.2) is 13.6 Å². The van der Waals surface area contributed by atoms with E-state index in [0.717, 1.165) is 12.1 Å². The van der Waals surface area contributed by atoms with E-state index in [4.69, 9.17) is 4.52 Å². The Labute approximate surface area is 104 Å². The van der Waals surface area contributed by atoms with Gasteiger partial charge in [-0.25, -0.2) is 12.8 Å². The lowest BCUT2D eigenvalue weighted by Gasteiger charge is -2.04. The predicted octanol–water partition coefficient (Wildman–Crippen LogP) is 2.40. The molecule has 0 aliphatic heterocycles. The van der Waals surface area contributed by atoms with E-state index < -0.39 is 15.7 Å². The van der Waals surface area contributed by atoms with E-state index in [1.165, 1.54) is 12.1 Å². The van der Waals surface area contributed by atoms with E-state index in [-0.39, 0.29) is 10.6 Å². The molecule has 0 bridgehead atoms. The Morgan fingerprint density at radius 1 is 1.22 bits per heavy atom. The van der Waals surface area contributed by atoms with Crippen molar-refractivity contribution in [2.24, 2.45) is 0 Å². The maximum Gasteiger partial charge on any atom is 0.182 e. The zero-order valence-electron chi connectivity index (χ0n) is 9.97. The molecule has 0 aliphatic carbocycles. The predicted molar refractivity (Wildman–Crippen MR) is 63.3 cm³/mol. The molecule has 0 unspecified atom stereocenters. The Kier molecular flexibility index (Phi) is 3.21. The summed E-state index contributed by atoms with van der Waals surface area (Å²) in [5, 5.41) is 3.71. The number of benzene rings is 1. The maximum absolute atomic E-state index is 12.8. The molecule has 0 radical (unpaired) electrons. The molecule has 0 spiro atoms. The SMILES string of the molecule is Cc1noc(C)c1CS(=O)(=O)c1ccc(F)cc1. The van der Waals surface area contributed by atoms with Gasteiger partial charge in [-0.1, -0.05) is 5.16 Å². The summed E-state index contributed by atoms with van der Waals surface area (Å²) >= 11 is 0. The van der Waals surface area contributed by atoms with Gasteiger partial charge in [-0.3, -0.25) is 0 Å². The minimum atomic E-state index is -3.51. The maximum atomic E-state index is 12.8. The Morgan fingerprint density at radius 3 is 2.33 bits per heavy atom. The van der Waals surface area contributed by atoms with Crippen LogP contribution >= 0.6 is 0 Å². The van der Waals surface area contributed by atoms with Crippen LogP contribution in [0.1, 0.15) is 17.0 Å². The van der Waals surface area contributed by atoms with Gasteiger partial charge in [-0.05, 0) is 38.1 Å². The lowest BCUT2D eigenvalue weighted by atomic mass is 10.2. The van der Waals surface area contributed by atoms with Gasteiger partial charge in [0.25, 0.3) is 0 Å². The van der Waals surface area contributed by atoms with Crippen LogP contribution in [0.3, 0.4) is 0 Å². The monoisotopic (exact) mass is 269 g/mol. The van der Waals surface area contributed by atoms with Crippen molar-refractivity contribution in [1.29, 1.82) is 0 Å². The lowest BCUT2D eigenvalue weighted by Crippen LogP contribution is -2.06. The zero-order valence-corrected chi connectivity index (χ0v) is 10.8. The second-order valence-corrected chi connectivity index (χ2v) is 6.01. The van der Waals surface area contributed by atoms with Crippen molar-refractivity contribution in [3.05, 3.63) is 47.1 Å². The van der Waals surface area contributed by atoms with Gasteiger partial charge in [-0.2, -0.15) is 0 Å². The average Bonchev–Trinajstić information content (AvgIpc) is 2.61. The molecule has 0 aliphatic rings. The minimum Gasteiger partial charge on any atom is -0.361 e. The van der Waals surface area contributed by atoms with Gasteiger partial charge >= 0.3 is 0 Å². The largest absolute Gasteiger partial charge is 0.361 e. The van der Waals surface area contributed by atoms with E-state index in [1.807, 2.05) is 0 Å². The minimum absolute atomic E-state index is 0.0869. The third kappa shape index (κ3) is 2.43. The quantitative estimate of drug-likeness (QED) is 0.803. The molecule has 0 saturated carbocycles. The van der Waals surface area contributed by atoms with Gasteiger partial charge < -0.3 is 4.52 Å². The number of aryl methyl sites for hydroxylation is 2. The summed E-state index contributed by atoms with van der Waals surface area (Å²) in [6.45, 7) is 3.35. The summed E-state index contributed by atoms with van der Waals surface area (Å²) in [7, 11) is -3.51. The van der Waals surface area contributed by atoms with Crippen LogP contribution in [-0.2, 0) is 15.6 Å². The molecule has 0 amide bonds. The summed E-state index contributed by atoms with van der Waals surface area (Å²) in [5.41, 5.74) is 1.11. The van der Waals surface area contributed by atoms with Crippen LogP contribution in [0.5, 0.6) is 0 Å². The van der Waals surface area contributed by atoms with Crippen LogP contribution in [0.4, 0.5) is 4.39 Å². The number of halogens is 1. The van der Waals surface area contributed by atoms with E-state index in [1.54, 1.807) is 13.8 Å². The normalized spacial score (nSPS) is 11.7. The van der Waals surface area contributed by atoms with Crippen molar-refractivity contribution >= 4 is 9.84 Å². The number of rotatable bonds is 3. The highest BCUT2D eigenvalue weighted by molar-refractivity contribution is 7.90. The van der Waals surface area contributed by atoms with Crippen LogP contribution in [0.25, 0.3) is 0 Å². The third-order valence-electron chi connectivity index (χ3n) is 2.69. The fourth-order valence-electron chi connectivity index (χ4n) is 1.62. The highest BCUT2D eigenvalue weighted by Gasteiger charge is 2.20.